The first-order chi connectivity index (χ1) is 6.81. The van der Waals surface area contributed by atoms with Crippen molar-refractivity contribution < 1.29 is 9.84 Å². The lowest BCUT2D eigenvalue weighted by molar-refractivity contribution is 0.250. The summed E-state index contributed by atoms with van der Waals surface area (Å²) in [5.74, 6) is 0.846. The highest BCUT2D eigenvalue weighted by atomic mass is 16.5. The molecule has 0 fully saturated rings. The van der Waals surface area contributed by atoms with Crippen LogP contribution >= 0.6 is 0 Å². The van der Waals surface area contributed by atoms with Crippen molar-refractivity contribution in [3.63, 3.8) is 0 Å². The summed E-state index contributed by atoms with van der Waals surface area (Å²) in [6.07, 6.45) is 0. The molecule has 0 saturated carbocycles. The Balaban J connectivity index is 2.81. The van der Waals surface area contributed by atoms with E-state index in [0.717, 1.165) is 11.3 Å². The van der Waals surface area contributed by atoms with E-state index >= 15 is 0 Å². The van der Waals surface area contributed by atoms with Crippen molar-refractivity contribution in [2.75, 3.05) is 20.3 Å². The summed E-state index contributed by atoms with van der Waals surface area (Å²) in [7, 11) is 1.83. The van der Waals surface area contributed by atoms with Crippen LogP contribution in [0.5, 0.6) is 5.75 Å². The van der Waals surface area contributed by atoms with E-state index in [0.29, 0.717) is 6.61 Å². The van der Waals surface area contributed by atoms with Crippen LogP contribution in [0.15, 0.2) is 24.3 Å². The number of likely N-dealkylation sites (N-methyl/N-ethyl adjacent to an activating group) is 1. The second-order valence-electron chi connectivity index (χ2n) is 3.03. The Hall–Kier alpha value is -1.06. The zero-order valence-corrected chi connectivity index (χ0v) is 8.66. The summed E-state index contributed by atoms with van der Waals surface area (Å²) in [5.41, 5.74) is 1.04. The molecule has 1 aromatic rings. The molecule has 0 bridgehead atoms. The van der Waals surface area contributed by atoms with Crippen LogP contribution in [0.1, 0.15) is 18.5 Å². The van der Waals surface area contributed by atoms with E-state index < -0.39 is 0 Å². The van der Waals surface area contributed by atoms with Gasteiger partial charge in [-0.25, -0.2) is 0 Å². The number of nitrogens with one attached hydrogen (secondary N) is 1. The van der Waals surface area contributed by atoms with Crippen LogP contribution in [-0.2, 0) is 0 Å². The predicted molar refractivity (Wildman–Crippen MR) is 56.5 cm³/mol. The molecule has 78 valence electrons. The van der Waals surface area contributed by atoms with Crippen molar-refractivity contribution >= 4 is 0 Å². The van der Waals surface area contributed by atoms with Gasteiger partial charge < -0.3 is 15.2 Å². The molecule has 3 heteroatoms. The Morgan fingerprint density at radius 1 is 1.50 bits per heavy atom. The van der Waals surface area contributed by atoms with Crippen LogP contribution in [-0.4, -0.2) is 25.4 Å². The number of ether oxygens (including phenoxy) is 1. The van der Waals surface area contributed by atoms with Crippen molar-refractivity contribution in [3.05, 3.63) is 29.8 Å². The third-order valence-electron chi connectivity index (χ3n) is 2.10. The monoisotopic (exact) mass is 195 g/mol. The summed E-state index contributed by atoms with van der Waals surface area (Å²) in [4.78, 5) is 0. The molecule has 0 radical (unpaired) electrons. The van der Waals surface area contributed by atoms with E-state index in [9.17, 15) is 0 Å². The minimum absolute atomic E-state index is 0.0181. The average Bonchev–Trinajstić information content (AvgIpc) is 2.21. The number of hydrogen-bond acceptors (Lipinski definition) is 3. The largest absolute Gasteiger partial charge is 0.494 e. The number of rotatable bonds is 5. The van der Waals surface area contributed by atoms with Crippen molar-refractivity contribution in [2.45, 2.75) is 13.0 Å². The van der Waals surface area contributed by atoms with Crippen molar-refractivity contribution in [3.8, 4) is 5.75 Å². The standard InChI is InChI=1S/C11H17NO2/c1-3-14-10-6-4-5-9(7-10)11(8-13)12-2/h4-7,11-13H,3,8H2,1-2H3. The number of benzene rings is 1. The fourth-order valence-electron chi connectivity index (χ4n) is 1.35. The van der Waals surface area contributed by atoms with E-state index in [1.807, 2.05) is 38.2 Å². The maximum absolute atomic E-state index is 9.10. The maximum atomic E-state index is 9.10. The van der Waals surface area contributed by atoms with Crippen molar-refractivity contribution in [1.29, 1.82) is 0 Å². The number of aliphatic hydroxyl groups excluding tert-OH is 1. The van der Waals surface area contributed by atoms with Gasteiger partial charge >= 0.3 is 0 Å². The Kier molecular flexibility index (Phi) is 4.43. The lowest BCUT2D eigenvalue weighted by Crippen LogP contribution is -2.19. The van der Waals surface area contributed by atoms with Gasteiger partial charge in [0, 0.05) is 0 Å². The highest BCUT2D eigenvalue weighted by molar-refractivity contribution is 5.30. The highest BCUT2D eigenvalue weighted by Crippen LogP contribution is 2.18. The summed E-state index contributed by atoms with van der Waals surface area (Å²) in [6, 6.07) is 7.74. The smallest absolute Gasteiger partial charge is 0.119 e. The fraction of sp³-hybridized carbons (Fsp3) is 0.455. The predicted octanol–water partition coefficient (Wildman–Crippen LogP) is 1.34. The van der Waals surface area contributed by atoms with Crippen LogP contribution in [0, 0.1) is 0 Å². The van der Waals surface area contributed by atoms with Crippen LogP contribution in [0.25, 0.3) is 0 Å². The molecule has 0 amide bonds. The highest BCUT2D eigenvalue weighted by Gasteiger charge is 2.07. The molecule has 1 atom stereocenters. The quantitative estimate of drug-likeness (QED) is 0.745. The zero-order chi connectivity index (χ0) is 10.4. The first-order valence-corrected chi connectivity index (χ1v) is 4.82. The van der Waals surface area contributed by atoms with Crippen LogP contribution in [0.2, 0.25) is 0 Å². The zero-order valence-electron chi connectivity index (χ0n) is 8.66. The number of aliphatic hydroxyl groups is 1. The van der Waals surface area contributed by atoms with Gasteiger partial charge in [0.2, 0.25) is 0 Å². The summed E-state index contributed by atoms with van der Waals surface area (Å²) in [6.45, 7) is 2.70. The summed E-state index contributed by atoms with van der Waals surface area (Å²) < 4.78 is 5.38. The first kappa shape index (κ1) is 11.0. The molecule has 0 spiro atoms. The molecule has 0 aliphatic heterocycles. The molecule has 2 N–H and O–H groups in total. The molecule has 1 unspecified atom stereocenters. The molecule has 3 nitrogen and oxygen atoms in total. The topological polar surface area (TPSA) is 41.5 Å². The maximum Gasteiger partial charge on any atom is 0.119 e. The van der Waals surface area contributed by atoms with Crippen molar-refractivity contribution in [1.82, 2.24) is 5.32 Å². The second-order valence-corrected chi connectivity index (χ2v) is 3.03. The van der Waals surface area contributed by atoms with Crippen LogP contribution in [0.4, 0.5) is 0 Å². The minimum atomic E-state index is -0.0181. The van der Waals surface area contributed by atoms with E-state index in [4.69, 9.17) is 9.84 Å². The molecular formula is C11H17NO2. The van der Waals surface area contributed by atoms with Crippen LogP contribution < -0.4 is 10.1 Å². The third-order valence-corrected chi connectivity index (χ3v) is 2.10. The lowest BCUT2D eigenvalue weighted by atomic mass is 10.1. The van der Waals surface area contributed by atoms with Crippen molar-refractivity contribution in [2.24, 2.45) is 0 Å². The van der Waals surface area contributed by atoms with Gasteiger partial charge in [-0.3, -0.25) is 0 Å². The van der Waals surface area contributed by atoms with Crippen LogP contribution in [0.3, 0.4) is 0 Å². The molecule has 0 aliphatic carbocycles. The van der Waals surface area contributed by atoms with E-state index in [2.05, 4.69) is 5.32 Å². The van der Waals surface area contributed by atoms with E-state index in [1.165, 1.54) is 0 Å². The molecule has 0 aliphatic rings. The first-order valence-electron chi connectivity index (χ1n) is 4.82. The fourth-order valence-corrected chi connectivity index (χ4v) is 1.35. The van der Waals surface area contributed by atoms with Gasteiger partial charge in [-0.05, 0) is 31.7 Å². The molecule has 0 heterocycles. The number of hydrogen-bond donors (Lipinski definition) is 2. The molecular weight excluding hydrogens is 178 g/mol. The van der Waals surface area contributed by atoms with Gasteiger partial charge in [-0.1, -0.05) is 12.1 Å². The minimum Gasteiger partial charge on any atom is -0.494 e. The Morgan fingerprint density at radius 3 is 2.86 bits per heavy atom. The second kappa shape index (κ2) is 5.62. The van der Waals surface area contributed by atoms with Gasteiger partial charge in [-0.2, -0.15) is 0 Å². The van der Waals surface area contributed by atoms with Gasteiger partial charge in [-0.15, -0.1) is 0 Å². The molecule has 0 saturated heterocycles. The lowest BCUT2D eigenvalue weighted by Gasteiger charge is -2.14. The van der Waals surface area contributed by atoms with Gasteiger partial charge in [0.15, 0.2) is 0 Å². The molecule has 14 heavy (non-hydrogen) atoms. The molecule has 1 rings (SSSR count). The molecule has 1 aromatic carbocycles. The summed E-state index contributed by atoms with van der Waals surface area (Å²) in [5, 5.41) is 12.1. The Bertz CT molecular complexity index is 272. The molecule has 0 aromatic heterocycles. The van der Waals surface area contributed by atoms with E-state index in [-0.39, 0.29) is 12.6 Å². The third kappa shape index (κ3) is 2.72. The van der Waals surface area contributed by atoms with Gasteiger partial charge in [0.1, 0.15) is 5.75 Å². The van der Waals surface area contributed by atoms with E-state index in [1.54, 1.807) is 0 Å². The summed E-state index contributed by atoms with van der Waals surface area (Å²) >= 11 is 0. The van der Waals surface area contributed by atoms with Gasteiger partial charge in [0.05, 0.1) is 19.3 Å². The normalized spacial score (nSPS) is 12.5. The van der Waals surface area contributed by atoms with Gasteiger partial charge in [0.25, 0.3) is 0 Å². The Labute approximate surface area is 84.7 Å². The Morgan fingerprint density at radius 2 is 2.29 bits per heavy atom. The SMILES string of the molecule is CCOc1cccc(C(CO)NC)c1. The average molecular weight is 195 g/mol.